The molecule has 0 radical (unpaired) electrons. The topological polar surface area (TPSA) is 52.6 Å². The Balaban J connectivity index is 1.67. The van der Waals surface area contributed by atoms with Crippen molar-refractivity contribution in [3.8, 4) is 0 Å². The Bertz CT molecular complexity index is 570. The van der Waals surface area contributed by atoms with Crippen LogP contribution in [-0.4, -0.2) is 72.5 Å². The predicted molar refractivity (Wildman–Crippen MR) is 90.8 cm³/mol. The smallest absolute Gasteiger partial charge is 0.272 e. The maximum absolute atomic E-state index is 12.8. The zero-order valence-electron chi connectivity index (χ0n) is 14.5. The molecule has 2 aliphatic rings. The maximum Gasteiger partial charge on any atom is 0.272 e. The van der Waals surface area contributed by atoms with E-state index >= 15 is 0 Å². The first-order valence-electron chi connectivity index (χ1n) is 8.57. The quantitative estimate of drug-likeness (QED) is 0.840. The number of carbonyl (C=O) groups excluding carboxylic acids is 1. The van der Waals surface area contributed by atoms with E-state index in [2.05, 4.69) is 14.9 Å². The van der Waals surface area contributed by atoms with E-state index < -0.39 is 0 Å². The molecule has 2 heterocycles. The van der Waals surface area contributed by atoms with Gasteiger partial charge >= 0.3 is 0 Å². The number of rotatable bonds is 4. The third-order valence-corrected chi connectivity index (χ3v) is 4.55. The summed E-state index contributed by atoms with van der Waals surface area (Å²) in [5.74, 6) is 1.54. The standard InChI is InChI=1S/C17H27N5O/c1-13-11-15(19-17(18-13)20(2)3)16(23)22-8-4-7-21(9-10-22)12-14-5-6-14/h11,14H,4-10,12H2,1-3H3. The van der Waals surface area contributed by atoms with E-state index in [1.807, 2.05) is 30.8 Å². The van der Waals surface area contributed by atoms with E-state index in [9.17, 15) is 4.79 Å². The normalized spacial score (nSPS) is 19.5. The summed E-state index contributed by atoms with van der Waals surface area (Å²) in [4.78, 5) is 27.9. The van der Waals surface area contributed by atoms with E-state index in [-0.39, 0.29) is 5.91 Å². The third-order valence-electron chi connectivity index (χ3n) is 4.55. The number of hydrogen-bond donors (Lipinski definition) is 0. The van der Waals surface area contributed by atoms with Gasteiger partial charge in [0.05, 0.1) is 0 Å². The van der Waals surface area contributed by atoms with Gasteiger partial charge in [0.2, 0.25) is 5.95 Å². The average molecular weight is 317 g/mol. The highest BCUT2D eigenvalue weighted by Gasteiger charge is 2.27. The van der Waals surface area contributed by atoms with Gasteiger partial charge in [0.1, 0.15) is 5.69 Å². The molecule has 1 saturated carbocycles. The van der Waals surface area contributed by atoms with Crippen molar-refractivity contribution in [2.45, 2.75) is 26.2 Å². The fourth-order valence-corrected chi connectivity index (χ4v) is 3.05. The first kappa shape index (κ1) is 16.2. The van der Waals surface area contributed by atoms with Gasteiger partial charge in [0, 0.05) is 46.0 Å². The fraction of sp³-hybridized carbons (Fsp3) is 0.706. The highest BCUT2D eigenvalue weighted by molar-refractivity contribution is 5.92. The lowest BCUT2D eigenvalue weighted by atomic mass is 10.3. The molecule has 1 aromatic heterocycles. The van der Waals surface area contributed by atoms with Crippen molar-refractivity contribution in [3.05, 3.63) is 17.5 Å². The Kier molecular flexibility index (Phi) is 4.80. The van der Waals surface area contributed by atoms with Crippen LogP contribution in [0.1, 0.15) is 35.4 Å². The molecule has 1 aliphatic carbocycles. The van der Waals surface area contributed by atoms with Crippen LogP contribution in [0.3, 0.4) is 0 Å². The molecule has 3 rings (SSSR count). The molecule has 0 atom stereocenters. The van der Waals surface area contributed by atoms with E-state index in [0.717, 1.165) is 44.2 Å². The van der Waals surface area contributed by atoms with Gasteiger partial charge < -0.3 is 14.7 Å². The van der Waals surface area contributed by atoms with Crippen LogP contribution in [0.25, 0.3) is 0 Å². The molecular weight excluding hydrogens is 290 g/mol. The predicted octanol–water partition coefficient (Wildman–Crippen LogP) is 1.41. The average Bonchev–Trinajstić information content (AvgIpc) is 3.34. The Hall–Kier alpha value is -1.69. The van der Waals surface area contributed by atoms with Gasteiger partial charge in [-0.15, -0.1) is 0 Å². The van der Waals surface area contributed by atoms with Crippen molar-refractivity contribution >= 4 is 11.9 Å². The SMILES string of the molecule is Cc1cc(C(=O)N2CCCN(CC3CC3)CC2)nc(N(C)C)n1. The molecule has 2 fully saturated rings. The van der Waals surface area contributed by atoms with Crippen LogP contribution in [0.4, 0.5) is 5.95 Å². The third kappa shape index (κ3) is 4.19. The molecule has 1 saturated heterocycles. The van der Waals surface area contributed by atoms with E-state index in [1.54, 1.807) is 6.07 Å². The molecule has 126 valence electrons. The lowest BCUT2D eigenvalue weighted by Gasteiger charge is -2.22. The molecule has 6 heteroatoms. The molecule has 0 aromatic carbocycles. The van der Waals surface area contributed by atoms with Crippen molar-refractivity contribution in [2.24, 2.45) is 5.92 Å². The zero-order chi connectivity index (χ0) is 16.4. The van der Waals surface area contributed by atoms with Gasteiger partial charge in [-0.05, 0) is 44.7 Å². The minimum Gasteiger partial charge on any atom is -0.347 e. The maximum atomic E-state index is 12.8. The van der Waals surface area contributed by atoms with Crippen LogP contribution in [-0.2, 0) is 0 Å². The molecule has 0 bridgehead atoms. The van der Waals surface area contributed by atoms with Crippen LogP contribution in [0.15, 0.2) is 6.07 Å². The van der Waals surface area contributed by atoms with Gasteiger partial charge in [-0.25, -0.2) is 9.97 Å². The monoisotopic (exact) mass is 317 g/mol. The Morgan fingerprint density at radius 3 is 2.70 bits per heavy atom. The minimum absolute atomic E-state index is 0.0341. The van der Waals surface area contributed by atoms with Crippen LogP contribution in [0, 0.1) is 12.8 Å². The molecule has 1 aliphatic heterocycles. The molecule has 0 unspecified atom stereocenters. The Labute approximate surface area is 138 Å². The highest BCUT2D eigenvalue weighted by atomic mass is 16.2. The van der Waals surface area contributed by atoms with E-state index in [0.29, 0.717) is 11.6 Å². The molecule has 23 heavy (non-hydrogen) atoms. The summed E-state index contributed by atoms with van der Waals surface area (Å²) in [5.41, 5.74) is 1.34. The summed E-state index contributed by atoms with van der Waals surface area (Å²) >= 11 is 0. The van der Waals surface area contributed by atoms with Gasteiger partial charge in [-0.1, -0.05) is 0 Å². The van der Waals surface area contributed by atoms with Crippen molar-refractivity contribution in [2.75, 3.05) is 51.7 Å². The first-order valence-corrected chi connectivity index (χ1v) is 8.57. The van der Waals surface area contributed by atoms with Gasteiger partial charge in [0.25, 0.3) is 5.91 Å². The number of aromatic nitrogens is 2. The van der Waals surface area contributed by atoms with Crippen molar-refractivity contribution < 1.29 is 4.79 Å². The lowest BCUT2D eigenvalue weighted by molar-refractivity contribution is 0.0755. The fourth-order valence-electron chi connectivity index (χ4n) is 3.05. The summed E-state index contributed by atoms with van der Waals surface area (Å²) in [6, 6.07) is 1.79. The summed E-state index contributed by atoms with van der Waals surface area (Å²) in [5, 5.41) is 0. The van der Waals surface area contributed by atoms with Crippen LogP contribution < -0.4 is 4.90 Å². The Morgan fingerprint density at radius 1 is 1.22 bits per heavy atom. The highest BCUT2D eigenvalue weighted by Crippen LogP contribution is 2.30. The molecule has 0 N–H and O–H groups in total. The molecule has 1 amide bonds. The zero-order valence-corrected chi connectivity index (χ0v) is 14.5. The molecule has 6 nitrogen and oxygen atoms in total. The first-order chi connectivity index (χ1) is 11.0. The second kappa shape index (κ2) is 6.83. The van der Waals surface area contributed by atoms with Crippen LogP contribution in [0.5, 0.6) is 0 Å². The summed E-state index contributed by atoms with van der Waals surface area (Å²) in [6.45, 7) is 6.82. The number of carbonyl (C=O) groups is 1. The Morgan fingerprint density at radius 2 is 2.00 bits per heavy atom. The van der Waals surface area contributed by atoms with Gasteiger partial charge in [-0.2, -0.15) is 0 Å². The summed E-state index contributed by atoms with van der Waals surface area (Å²) in [7, 11) is 3.79. The second-order valence-electron chi connectivity index (χ2n) is 6.98. The van der Waals surface area contributed by atoms with Crippen molar-refractivity contribution in [3.63, 3.8) is 0 Å². The largest absolute Gasteiger partial charge is 0.347 e. The summed E-state index contributed by atoms with van der Waals surface area (Å²) in [6.07, 6.45) is 3.81. The van der Waals surface area contributed by atoms with Crippen molar-refractivity contribution in [1.82, 2.24) is 19.8 Å². The van der Waals surface area contributed by atoms with Gasteiger partial charge in [-0.3, -0.25) is 4.79 Å². The van der Waals surface area contributed by atoms with E-state index in [1.165, 1.54) is 19.4 Å². The van der Waals surface area contributed by atoms with Gasteiger partial charge in [0.15, 0.2) is 0 Å². The second-order valence-corrected chi connectivity index (χ2v) is 6.98. The molecule has 0 spiro atoms. The van der Waals surface area contributed by atoms with Crippen LogP contribution in [0.2, 0.25) is 0 Å². The number of aryl methyl sites for hydroxylation is 1. The number of amides is 1. The number of nitrogens with zero attached hydrogens (tertiary/aromatic N) is 5. The molecular formula is C17H27N5O. The van der Waals surface area contributed by atoms with E-state index in [4.69, 9.17) is 0 Å². The van der Waals surface area contributed by atoms with Crippen LogP contribution >= 0.6 is 0 Å². The molecule has 1 aromatic rings. The van der Waals surface area contributed by atoms with Crippen molar-refractivity contribution in [1.29, 1.82) is 0 Å². The number of anilines is 1. The summed E-state index contributed by atoms with van der Waals surface area (Å²) < 4.78 is 0. The minimum atomic E-state index is 0.0341. The lowest BCUT2D eigenvalue weighted by Crippen LogP contribution is -2.36. The number of hydrogen-bond acceptors (Lipinski definition) is 5.